The second kappa shape index (κ2) is 6.22. The van der Waals surface area contributed by atoms with Gasteiger partial charge in [0.25, 0.3) is 0 Å². The normalized spacial score (nSPS) is 25.4. The van der Waals surface area contributed by atoms with Gasteiger partial charge in [-0.3, -0.25) is 0 Å². The fourth-order valence-corrected chi connectivity index (χ4v) is 3.99. The van der Waals surface area contributed by atoms with Gasteiger partial charge in [0.1, 0.15) is 0 Å². The maximum atomic E-state index is 12.4. The van der Waals surface area contributed by atoms with E-state index in [2.05, 4.69) is 0 Å². The highest BCUT2D eigenvalue weighted by atomic mass is 35.5. The molecule has 2 unspecified atom stereocenters. The van der Waals surface area contributed by atoms with Gasteiger partial charge < -0.3 is 4.74 Å². The molecule has 0 aliphatic carbocycles. The van der Waals surface area contributed by atoms with E-state index in [1.165, 1.54) is 4.31 Å². The molecule has 2 atom stereocenters. The lowest BCUT2D eigenvalue weighted by molar-refractivity contribution is -0.0423. The summed E-state index contributed by atoms with van der Waals surface area (Å²) in [5.74, 6) is 0.331. The number of morpholine rings is 1. The standard InChI is InChI=1S/C13H18ClNO3S/c1-11-8-15(9-13(7-14)18-11)19(16,17)10-12-5-3-2-4-6-12/h2-6,11,13H,7-10H2,1H3. The van der Waals surface area contributed by atoms with E-state index in [1.807, 2.05) is 37.3 Å². The minimum atomic E-state index is -3.32. The molecule has 19 heavy (non-hydrogen) atoms. The molecule has 0 aromatic heterocycles. The fourth-order valence-electron chi connectivity index (χ4n) is 2.19. The van der Waals surface area contributed by atoms with E-state index in [-0.39, 0.29) is 18.0 Å². The maximum absolute atomic E-state index is 12.4. The van der Waals surface area contributed by atoms with Crippen LogP contribution in [-0.4, -0.2) is 43.9 Å². The van der Waals surface area contributed by atoms with Crippen LogP contribution in [0.4, 0.5) is 0 Å². The van der Waals surface area contributed by atoms with Crippen LogP contribution in [0.2, 0.25) is 0 Å². The van der Waals surface area contributed by atoms with Crippen molar-refractivity contribution in [2.24, 2.45) is 0 Å². The minimum absolute atomic E-state index is 0.0234. The van der Waals surface area contributed by atoms with Crippen LogP contribution >= 0.6 is 11.6 Å². The van der Waals surface area contributed by atoms with Gasteiger partial charge in [-0.25, -0.2) is 8.42 Å². The van der Waals surface area contributed by atoms with E-state index in [4.69, 9.17) is 16.3 Å². The van der Waals surface area contributed by atoms with Crippen LogP contribution in [0.25, 0.3) is 0 Å². The second-order valence-electron chi connectivity index (χ2n) is 4.78. The first-order valence-corrected chi connectivity index (χ1v) is 8.39. The number of ether oxygens (including phenoxy) is 1. The average molecular weight is 304 g/mol. The van der Waals surface area contributed by atoms with Gasteiger partial charge in [0.05, 0.1) is 18.0 Å². The molecular formula is C13H18ClNO3S. The summed E-state index contributed by atoms with van der Waals surface area (Å²) in [7, 11) is -3.32. The molecule has 0 amide bonds. The van der Waals surface area contributed by atoms with Gasteiger partial charge in [0, 0.05) is 19.0 Å². The molecule has 1 aromatic carbocycles. The van der Waals surface area contributed by atoms with E-state index < -0.39 is 10.0 Å². The van der Waals surface area contributed by atoms with Crippen LogP contribution in [0, 0.1) is 0 Å². The zero-order valence-electron chi connectivity index (χ0n) is 10.8. The Morgan fingerprint density at radius 1 is 1.32 bits per heavy atom. The third-order valence-corrected chi connectivity index (χ3v) is 5.18. The lowest BCUT2D eigenvalue weighted by Gasteiger charge is -2.35. The van der Waals surface area contributed by atoms with Crippen LogP contribution in [0.1, 0.15) is 12.5 Å². The average Bonchev–Trinajstić information content (AvgIpc) is 2.38. The summed E-state index contributed by atoms with van der Waals surface area (Å²) in [6, 6.07) is 9.19. The third kappa shape index (κ3) is 3.92. The Hall–Kier alpha value is -0.620. The van der Waals surface area contributed by atoms with Gasteiger partial charge >= 0.3 is 0 Å². The predicted octanol–water partition coefficient (Wildman–Crippen LogP) is 1.84. The van der Waals surface area contributed by atoms with Crippen molar-refractivity contribution in [1.29, 1.82) is 0 Å². The number of sulfonamides is 1. The van der Waals surface area contributed by atoms with Gasteiger partial charge in [-0.15, -0.1) is 11.6 Å². The molecule has 0 bridgehead atoms. The molecule has 0 saturated carbocycles. The number of rotatable bonds is 4. The largest absolute Gasteiger partial charge is 0.371 e. The minimum Gasteiger partial charge on any atom is -0.371 e. The topological polar surface area (TPSA) is 46.6 Å². The molecule has 0 radical (unpaired) electrons. The van der Waals surface area contributed by atoms with E-state index in [1.54, 1.807) is 0 Å². The molecule has 0 spiro atoms. The third-order valence-electron chi connectivity index (χ3n) is 3.05. The molecule has 2 rings (SSSR count). The monoisotopic (exact) mass is 303 g/mol. The first-order chi connectivity index (χ1) is 9.01. The van der Waals surface area contributed by atoms with Gasteiger partial charge in [0.15, 0.2) is 0 Å². The van der Waals surface area contributed by atoms with Gasteiger partial charge in [-0.1, -0.05) is 30.3 Å². The first-order valence-electron chi connectivity index (χ1n) is 6.24. The SMILES string of the molecule is CC1CN(S(=O)(=O)Cc2ccccc2)CC(CCl)O1. The summed E-state index contributed by atoms with van der Waals surface area (Å²) in [5.41, 5.74) is 0.795. The fraction of sp³-hybridized carbons (Fsp3) is 0.538. The van der Waals surface area contributed by atoms with Gasteiger partial charge in [-0.2, -0.15) is 4.31 Å². The number of halogens is 1. The quantitative estimate of drug-likeness (QED) is 0.798. The van der Waals surface area contributed by atoms with E-state index in [9.17, 15) is 8.42 Å². The molecule has 1 aromatic rings. The molecule has 4 nitrogen and oxygen atoms in total. The van der Waals surface area contributed by atoms with Crippen molar-refractivity contribution in [1.82, 2.24) is 4.31 Å². The summed E-state index contributed by atoms with van der Waals surface area (Å²) in [5, 5.41) is 0. The number of hydrogen-bond donors (Lipinski definition) is 0. The molecule has 106 valence electrons. The van der Waals surface area contributed by atoms with Gasteiger partial charge in [-0.05, 0) is 12.5 Å². The smallest absolute Gasteiger partial charge is 0.218 e. The predicted molar refractivity (Wildman–Crippen MR) is 75.7 cm³/mol. The lowest BCUT2D eigenvalue weighted by Crippen LogP contribution is -2.50. The summed E-state index contributed by atoms with van der Waals surface area (Å²) < 4.78 is 31.8. The Balaban J connectivity index is 2.11. The van der Waals surface area contributed by atoms with Crippen LogP contribution in [0.15, 0.2) is 30.3 Å². The zero-order chi connectivity index (χ0) is 13.9. The van der Waals surface area contributed by atoms with Crippen LogP contribution in [-0.2, 0) is 20.5 Å². The molecule has 1 saturated heterocycles. The Morgan fingerprint density at radius 3 is 2.63 bits per heavy atom. The van der Waals surface area contributed by atoms with Crippen molar-refractivity contribution in [2.75, 3.05) is 19.0 Å². The lowest BCUT2D eigenvalue weighted by atomic mass is 10.2. The first kappa shape index (κ1) is 14.8. The van der Waals surface area contributed by atoms with E-state index in [0.29, 0.717) is 19.0 Å². The summed E-state index contributed by atoms with van der Waals surface area (Å²) in [6.45, 7) is 2.59. The highest BCUT2D eigenvalue weighted by Gasteiger charge is 2.32. The van der Waals surface area contributed by atoms with Crippen molar-refractivity contribution < 1.29 is 13.2 Å². The van der Waals surface area contributed by atoms with Crippen LogP contribution in [0.5, 0.6) is 0 Å². The Kier molecular flexibility index (Phi) is 4.84. The summed E-state index contributed by atoms with van der Waals surface area (Å²) in [6.07, 6.45) is -0.348. The maximum Gasteiger partial charge on any atom is 0.218 e. The highest BCUT2D eigenvalue weighted by molar-refractivity contribution is 7.88. The van der Waals surface area contributed by atoms with E-state index >= 15 is 0 Å². The van der Waals surface area contributed by atoms with Crippen LogP contribution < -0.4 is 0 Å². The van der Waals surface area contributed by atoms with Crippen molar-refractivity contribution in [3.8, 4) is 0 Å². The number of alkyl halides is 1. The molecule has 1 aliphatic rings. The Bertz CT molecular complexity index is 506. The van der Waals surface area contributed by atoms with Crippen molar-refractivity contribution in [3.05, 3.63) is 35.9 Å². The second-order valence-corrected chi connectivity index (χ2v) is 7.06. The number of nitrogens with zero attached hydrogens (tertiary/aromatic N) is 1. The van der Waals surface area contributed by atoms with Crippen molar-refractivity contribution >= 4 is 21.6 Å². The van der Waals surface area contributed by atoms with Gasteiger partial charge in [0.2, 0.25) is 10.0 Å². The molecule has 6 heteroatoms. The zero-order valence-corrected chi connectivity index (χ0v) is 12.4. The molecule has 1 aliphatic heterocycles. The molecule has 1 heterocycles. The summed E-state index contributed by atoms with van der Waals surface area (Å²) >= 11 is 5.77. The molecular weight excluding hydrogens is 286 g/mol. The number of hydrogen-bond acceptors (Lipinski definition) is 3. The highest BCUT2D eigenvalue weighted by Crippen LogP contribution is 2.18. The van der Waals surface area contributed by atoms with Crippen molar-refractivity contribution in [3.63, 3.8) is 0 Å². The molecule has 0 N–H and O–H groups in total. The van der Waals surface area contributed by atoms with Crippen LogP contribution in [0.3, 0.4) is 0 Å². The van der Waals surface area contributed by atoms with Crippen molar-refractivity contribution in [2.45, 2.75) is 24.9 Å². The molecule has 1 fully saturated rings. The Morgan fingerprint density at radius 2 is 2.00 bits per heavy atom. The number of benzene rings is 1. The summed E-state index contributed by atoms with van der Waals surface area (Å²) in [4.78, 5) is 0. The Labute approximate surface area is 119 Å². The van der Waals surface area contributed by atoms with E-state index in [0.717, 1.165) is 5.56 Å².